The zero-order valence-corrected chi connectivity index (χ0v) is 47.0. The Balaban J connectivity index is 0.00000134. The van der Waals surface area contributed by atoms with Gasteiger partial charge in [0.05, 0.1) is 0 Å². The van der Waals surface area contributed by atoms with Crippen LogP contribution in [0.4, 0.5) is 39.5 Å². The lowest BCUT2D eigenvalue weighted by molar-refractivity contribution is -0.0504. The Morgan fingerprint density at radius 2 is 0.536 bits per heavy atom. The summed E-state index contributed by atoms with van der Waals surface area (Å²) in [5, 5.41) is 4.20. The quantitative estimate of drug-likeness (QED) is 0.0382. The molecule has 0 radical (unpaired) electrons. The predicted octanol–water partition coefficient (Wildman–Crippen LogP) is 16.1. The molecule has 0 spiro atoms. The van der Waals surface area contributed by atoms with E-state index in [1.165, 1.54) is 36.4 Å². The van der Waals surface area contributed by atoms with Crippen LogP contribution in [0.3, 0.4) is 0 Å². The number of alkyl halides is 13. The zero-order chi connectivity index (χ0) is 60.7. The number of halogens is 13. The predicted molar refractivity (Wildman–Crippen MR) is 307 cm³/mol. The van der Waals surface area contributed by atoms with E-state index < -0.39 is 73.8 Å². The lowest BCUT2D eigenvalue weighted by atomic mass is 9.98. The maximum atomic E-state index is 13.4. The molecule has 0 amide bonds. The molecule has 9 nitrogen and oxygen atoms in total. The highest BCUT2D eigenvalue weighted by molar-refractivity contribution is 7.88. The van der Waals surface area contributed by atoms with Crippen molar-refractivity contribution in [3.8, 4) is 52.8 Å². The third kappa shape index (κ3) is 13.3. The summed E-state index contributed by atoms with van der Waals surface area (Å²) in [6.45, 7) is 0. The second kappa shape index (κ2) is 23.3. The van der Waals surface area contributed by atoms with Gasteiger partial charge in [-0.15, -0.1) is 46.4 Å². The van der Waals surface area contributed by atoms with Gasteiger partial charge in [0.2, 0.25) is 0 Å². The van der Waals surface area contributed by atoms with Crippen molar-refractivity contribution in [2.24, 2.45) is 0 Å². The molecule has 0 unspecified atom stereocenters. The molecule has 0 saturated carbocycles. The molecule has 0 aromatic heterocycles. The van der Waals surface area contributed by atoms with E-state index >= 15 is 0 Å². The SMILES string of the molecule is ClC(Cl)C(Cl)Cl.O=S(=O)(Oc1cccc2cc3cccc(C#Cc4cc(C#Cc5cccc6cc7cccc(OS(=O)(=O)C(F)(F)F)c7cc56)cc(C#Cc5cccc6cc7cccc(OS(=O)(=O)C(F)(F)F)c7cc56)c4)c3cc12)C(F)(F)F. The topological polar surface area (TPSA) is 130 Å². The second-order valence-electron chi connectivity index (χ2n) is 17.7. The highest BCUT2D eigenvalue weighted by atomic mass is 35.5. The normalized spacial score (nSPS) is 12.3. The van der Waals surface area contributed by atoms with Gasteiger partial charge in [0.25, 0.3) is 0 Å². The number of hydrogen-bond donors (Lipinski definition) is 0. The molecule has 0 aliphatic heterocycles. The first-order valence-corrected chi connectivity index (χ1v) is 29.5. The van der Waals surface area contributed by atoms with Gasteiger partial charge in [-0.1, -0.05) is 108 Å². The first-order valence-electron chi connectivity index (χ1n) is 23.5. The summed E-state index contributed by atoms with van der Waals surface area (Å²) < 4.78 is 206. The molecule has 0 saturated heterocycles. The molecule has 10 aromatic carbocycles. The summed E-state index contributed by atoms with van der Waals surface area (Å²) >= 11 is 20.5. The lowest BCUT2D eigenvalue weighted by Gasteiger charge is -2.12. The van der Waals surface area contributed by atoms with Gasteiger partial charge in [-0.2, -0.15) is 64.8 Å². The number of benzene rings is 10. The first kappa shape index (κ1) is 60.8. The lowest BCUT2D eigenvalue weighted by Crippen LogP contribution is -2.28. The summed E-state index contributed by atoms with van der Waals surface area (Å²) in [7, 11) is -18.1. The van der Waals surface area contributed by atoms with Crippen molar-refractivity contribution in [3.63, 3.8) is 0 Å². The molecule has 0 bridgehead atoms. The number of fused-ring (bicyclic) bond motifs is 6. The minimum Gasteiger partial charge on any atom is -0.375 e. The smallest absolute Gasteiger partial charge is 0.375 e. The van der Waals surface area contributed by atoms with Crippen molar-refractivity contribution in [1.82, 2.24) is 0 Å². The van der Waals surface area contributed by atoms with Gasteiger partial charge in [-0.05, 0) is 139 Å². The largest absolute Gasteiger partial charge is 0.534 e. The van der Waals surface area contributed by atoms with E-state index in [9.17, 15) is 64.8 Å². The molecule has 428 valence electrons. The Kier molecular flexibility index (Phi) is 16.9. The van der Waals surface area contributed by atoms with Crippen LogP contribution in [0, 0.1) is 35.5 Å². The zero-order valence-electron chi connectivity index (χ0n) is 41.6. The van der Waals surface area contributed by atoms with Crippen molar-refractivity contribution in [2.75, 3.05) is 0 Å². The summed E-state index contributed by atoms with van der Waals surface area (Å²) in [6.07, 6.45) is 0. The van der Waals surface area contributed by atoms with E-state index in [-0.39, 0.29) is 16.2 Å². The van der Waals surface area contributed by atoms with Crippen LogP contribution in [0.2, 0.25) is 0 Å². The van der Waals surface area contributed by atoms with Crippen molar-refractivity contribution in [2.45, 2.75) is 26.2 Å². The fraction of sp³-hybridized carbons (Fsp3) is 0.0847. The maximum Gasteiger partial charge on any atom is 0.534 e. The van der Waals surface area contributed by atoms with Crippen LogP contribution in [-0.4, -0.2) is 51.5 Å². The molecule has 0 heterocycles. The Morgan fingerprint density at radius 3 is 0.762 bits per heavy atom. The molecule has 25 heteroatoms. The maximum absolute atomic E-state index is 13.4. The van der Waals surface area contributed by atoms with E-state index in [1.54, 1.807) is 109 Å². The van der Waals surface area contributed by atoms with Gasteiger partial charge in [0.15, 0.2) is 17.2 Å². The van der Waals surface area contributed by atoms with Crippen LogP contribution in [0.15, 0.2) is 164 Å². The highest BCUT2D eigenvalue weighted by Gasteiger charge is 2.50. The van der Waals surface area contributed by atoms with Gasteiger partial charge in [0.1, 0.15) is 9.67 Å². The van der Waals surface area contributed by atoms with Crippen LogP contribution in [0.5, 0.6) is 17.2 Å². The van der Waals surface area contributed by atoms with Gasteiger partial charge >= 0.3 is 46.9 Å². The average molecular weight is 1290 g/mol. The summed E-state index contributed by atoms with van der Waals surface area (Å²) in [5.41, 5.74) is -15.1. The van der Waals surface area contributed by atoms with E-state index in [2.05, 4.69) is 48.1 Å². The summed E-state index contributed by atoms with van der Waals surface area (Å²) in [6, 6.07) is 41.0. The van der Waals surface area contributed by atoms with Crippen LogP contribution in [-0.2, 0) is 30.4 Å². The highest BCUT2D eigenvalue weighted by Crippen LogP contribution is 2.39. The minimum atomic E-state index is -6.04. The van der Waals surface area contributed by atoms with Gasteiger partial charge in [0, 0.05) is 49.5 Å². The van der Waals surface area contributed by atoms with Crippen molar-refractivity contribution >= 4 is 141 Å². The second-order valence-corrected chi connectivity index (χ2v) is 24.7. The molecular weight excluding hydrogens is 1260 g/mol. The van der Waals surface area contributed by atoms with Crippen molar-refractivity contribution in [1.29, 1.82) is 0 Å². The third-order valence-corrected chi connectivity index (χ3v) is 16.5. The van der Waals surface area contributed by atoms with E-state index in [1.807, 2.05) is 0 Å². The summed E-state index contributed by atoms with van der Waals surface area (Å²) in [5.74, 6) is 16.7. The van der Waals surface area contributed by atoms with Crippen LogP contribution in [0.25, 0.3) is 64.6 Å². The molecule has 10 rings (SSSR count). The molecule has 0 aliphatic rings. The molecule has 10 aromatic rings. The number of hydrogen-bond acceptors (Lipinski definition) is 9. The Bertz CT molecular complexity index is 4390. The minimum absolute atomic E-state index is 0.0370. The standard InChI is InChI=1S/C57H27F9O9S3.C2H2Cl4/c58-55(59,60)76(67,68)73-52-16-4-13-43-28-40-10-1-7-37(46(40)31-49(43)52)22-19-34-25-35(20-23-38-8-2-11-41-29-44-14-5-17-53(50(44)32-47(38)41)74-77(69,70)56(61,62)63)27-36(26-34)21-24-39-9-3-12-42-30-45-15-6-18-54(51(45)33-48(39)42)75-78(71,72)57(64,65)66;3-1(4)2(5)6/h1-18,25-33H;1-2H. The molecule has 0 fully saturated rings. The fourth-order valence-corrected chi connectivity index (χ4v) is 9.80. The average Bonchev–Trinajstić information content (AvgIpc) is 1.58. The fourth-order valence-electron chi connectivity index (χ4n) is 8.37. The van der Waals surface area contributed by atoms with E-state index in [0.29, 0.717) is 81.9 Å². The van der Waals surface area contributed by atoms with Crippen molar-refractivity contribution in [3.05, 3.63) is 197 Å². The summed E-state index contributed by atoms with van der Waals surface area (Å²) in [4.78, 5) is -1.35. The molecular formula is C59H29Cl4F9O9S3. The molecule has 0 N–H and O–H groups in total. The van der Waals surface area contributed by atoms with Crippen LogP contribution < -0.4 is 12.5 Å². The Morgan fingerprint density at radius 1 is 0.310 bits per heavy atom. The Labute approximate surface area is 491 Å². The Hall–Kier alpha value is -7.78. The van der Waals surface area contributed by atoms with E-state index in [4.69, 9.17) is 46.4 Å². The van der Waals surface area contributed by atoms with Crippen LogP contribution >= 0.6 is 46.4 Å². The van der Waals surface area contributed by atoms with Gasteiger partial charge in [-0.3, -0.25) is 0 Å². The molecule has 0 aliphatic carbocycles. The van der Waals surface area contributed by atoms with Crippen molar-refractivity contribution < 1.29 is 77.3 Å². The van der Waals surface area contributed by atoms with Crippen LogP contribution in [0.1, 0.15) is 33.4 Å². The van der Waals surface area contributed by atoms with E-state index in [0.717, 1.165) is 18.2 Å². The van der Waals surface area contributed by atoms with Gasteiger partial charge < -0.3 is 12.5 Å². The first-order chi connectivity index (χ1) is 39.4. The molecule has 0 atom stereocenters. The van der Waals surface area contributed by atoms with Gasteiger partial charge in [-0.25, -0.2) is 0 Å². The third-order valence-electron chi connectivity index (χ3n) is 12.1. The molecule has 84 heavy (non-hydrogen) atoms. The number of rotatable bonds is 7. The monoisotopic (exact) mass is 1290 g/mol.